The van der Waals surface area contributed by atoms with Gasteiger partial charge in [-0.25, -0.2) is 0 Å². The first-order valence-corrected chi connectivity index (χ1v) is 5.48. The molecule has 1 rings (SSSR count). The molecule has 0 saturated carbocycles. The molecule has 1 aromatic carbocycles. The maximum atomic E-state index is 11.9. The van der Waals surface area contributed by atoms with Gasteiger partial charge in [0.15, 0.2) is 0 Å². The van der Waals surface area contributed by atoms with Crippen LogP contribution in [0.1, 0.15) is 19.4 Å². The van der Waals surface area contributed by atoms with E-state index in [-0.39, 0.29) is 5.75 Å². The molecule has 0 heterocycles. The predicted molar refractivity (Wildman–Crippen MR) is 64.9 cm³/mol. The molecule has 0 saturated heterocycles. The number of benzene rings is 1. The summed E-state index contributed by atoms with van der Waals surface area (Å²) >= 11 is 0. The number of nitrogens with two attached hydrogens (primary N) is 1. The van der Waals surface area contributed by atoms with E-state index in [1.165, 1.54) is 12.1 Å². The van der Waals surface area contributed by atoms with E-state index in [0.717, 1.165) is 11.1 Å². The molecule has 0 aromatic heterocycles. The van der Waals surface area contributed by atoms with Crippen molar-refractivity contribution in [1.82, 2.24) is 0 Å². The van der Waals surface area contributed by atoms with Crippen molar-refractivity contribution in [2.24, 2.45) is 11.7 Å². The minimum Gasteiger partial charge on any atom is -0.435 e. The highest BCUT2D eigenvalue weighted by atomic mass is 19.3. The third-order valence-corrected chi connectivity index (χ3v) is 2.43. The van der Waals surface area contributed by atoms with Crippen LogP contribution < -0.4 is 10.5 Å². The molecule has 2 N–H and O–H groups in total. The summed E-state index contributed by atoms with van der Waals surface area (Å²) in [6, 6.07) is 6.50. The highest BCUT2D eigenvalue weighted by molar-refractivity contribution is 5.54. The Morgan fingerprint density at radius 2 is 1.88 bits per heavy atom. The van der Waals surface area contributed by atoms with Crippen molar-refractivity contribution >= 4 is 6.08 Å². The van der Waals surface area contributed by atoms with E-state index in [1.807, 2.05) is 6.08 Å². The summed E-state index contributed by atoms with van der Waals surface area (Å²) in [6.45, 7) is 1.83. The lowest BCUT2D eigenvalue weighted by atomic mass is 10.0. The molecule has 0 radical (unpaired) electrons. The Kier molecular flexibility index (Phi) is 5.10. The van der Waals surface area contributed by atoms with Gasteiger partial charge in [0.2, 0.25) is 0 Å². The molecule has 0 amide bonds. The Balaban J connectivity index is 2.80. The van der Waals surface area contributed by atoms with Gasteiger partial charge in [0.05, 0.1) is 0 Å². The second-order valence-corrected chi connectivity index (χ2v) is 4.03. The van der Waals surface area contributed by atoms with Crippen LogP contribution in [0.2, 0.25) is 0 Å². The van der Waals surface area contributed by atoms with Crippen LogP contribution >= 0.6 is 0 Å². The number of rotatable bonds is 5. The Morgan fingerprint density at radius 1 is 1.29 bits per heavy atom. The van der Waals surface area contributed by atoms with E-state index in [1.54, 1.807) is 12.1 Å². The average Bonchev–Trinajstić information content (AvgIpc) is 2.26. The second-order valence-electron chi connectivity index (χ2n) is 4.03. The first-order valence-electron chi connectivity index (χ1n) is 5.48. The van der Waals surface area contributed by atoms with Crippen LogP contribution in [0.3, 0.4) is 0 Å². The van der Waals surface area contributed by atoms with Gasteiger partial charge in [-0.15, -0.1) is 0 Å². The number of halogens is 2. The van der Waals surface area contributed by atoms with Crippen molar-refractivity contribution in [2.75, 3.05) is 6.54 Å². The molecule has 0 bridgehead atoms. The highest BCUT2D eigenvalue weighted by Crippen LogP contribution is 2.18. The summed E-state index contributed by atoms with van der Waals surface area (Å²) in [5.74, 6) is 0.535. The van der Waals surface area contributed by atoms with E-state index in [9.17, 15) is 8.78 Å². The third-order valence-electron chi connectivity index (χ3n) is 2.43. The standard InChI is InChI=1S/C13H17F2NO/c1-9(2)11(8-16)7-10-3-5-12(6-4-10)17-13(14)15/h3-7,9,13H,8,16H2,1-2H3. The van der Waals surface area contributed by atoms with Gasteiger partial charge in [0, 0.05) is 6.54 Å². The Labute approximate surface area is 100 Å². The van der Waals surface area contributed by atoms with E-state index in [2.05, 4.69) is 18.6 Å². The van der Waals surface area contributed by atoms with Gasteiger partial charge in [-0.05, 0) is 23.6 Å². The van der Waals surface area contributed by atoms with Crippen LogP contribution in [0.5, 0.6) is 5.75 Å². The van der Waals surface area contributed by atoms with Crippen molar-refractivity contribution in [3.8, 4) is 5.75 Å². The maximum Gasteiger partial charge on any atom is 0.387 e. The predicted octanol–water partition coefficient (Wildman–Crippen LogP) is 3.29. The molecule has 1 aromatic rings. The minimum absolute atomic E-state index is 0.163. The first-order chi connectivity index (χ1) is 8.02. The smallest absolute Gasteiger partial charge is 0.387 e. The van der Waals surface area contributed by atoms with Gasteiger partial charge in [-0.2, -0.15) is 8.78 Å². The van der Waals surface area contributed by atoms with E-state index in [0.29, 0.717) is 12.5 Å². The highest BCUT2D eigenvalue weighted by Gasteiger charge is 2.04. The molecule has 0 aliphatic rings. The molecule has 17 heavy (non-hydrogen) atoms. The van der Waals surface area contributed by atoms with Gasteiger partial charge in [-0.3, -0.25) is 0 Å². The zero-order valence-corrected chi connectivity index (χ0v) is 9.99. The molecule has 0 aliphatic heterocycles. The van der Waals surface area contributed by atoms with E-state index >= 15 is 0 Å². The summed E-state index contributed by atoms with van der Waals surface area (Å²) in [7, 11) is 0. The summed E-state index contributed by atoms with van der Waals surface area (Å²) in [4.78, 5) is 0. The molecule has 4 heteroatoms. The molecular weight excluding hydrogens is 224 g/mol. The van der Waals surface area contributed by atoms with Gasteiger partial charge >= 0.3 is 6.61 Å². The van der Waals surface area contributed by atoms with Crippen molar-refractivity contribution < 1.29 is 13.5 Å². The SMILES string of the molecule is CC(C)C(=Cc1ccc(OC(F)F)cc1)CN. The molecule has 2 nitrogen and oxygen atoms in total. The van der Waals surface area contributed by atoms with E-state index < -0.39 is 6.61 Å². The minimum atomic E-state index is -2.79. The average molecular weight is 241 g/mol. The van der Waals surface area contributed by atoms with Crippen molar-refractivity contribution in [1.29, 1.82) is 0 Å². The summed E-state index contributed by atoms with van der Waals surface area (Å²) < 4.78 is 28.2. The van der Waals surface area contributed by atoms with Gasteiger partial charge < -0.3 is 10.5 Å². The second kappa shape index (κ2) is 6.35. The fraction of sp³-hybridized carbons (Fsp3) is 0.385. The number of hydrogen-bond acceptors (Lipinski definition) is 2. The van der Waals surface area contributed by atoms with Crippen LogP contribution in [0, 0.1) is 5.92 Å². The maximum absolute atomic E-state index is 11.9. The molecule has 0 atom stereocenters. The zero-order valence-electron chi connectivity index (χ0n) is 9.99. The van der Waals surface area contributed by atoms with Gasteiger partial charge in [-0.1, -0.05) is 37.6 Å². The third kappa shape index (κ3) is 4.53. The molecule has 0 aliphatic carbocycles. The first kappa shape index (κ1) is 13.6. The molecular formula is C13H17F2NO. The topological polar surface area (TPSA) is 35.2 Å². The van der Waals surface area contributed by atoms with Crippen LogP contribution in [0.15, 0.2) is 29.8 Å². The molecule has 94 valence electrons. The Bertz CT molecular complexity index is 372. The number of hydrogen-bond donors (Lipinski definition) is 1. The molecule has 0 spiro atoms. The molecule has 0 fully saturated rings. The van der Waals surface area contributed by atoms with Crippen LogP contribution in [0.25, 0.3) is 6.08 Å². The van der Waals surface area contributed by atoms with Gasteiger partial charge in [0.1, 0.15) is 5.75 Å². The van der Waals surface area contributed by atoms with Crippen molar-refractivity contribution in [3.63, 3.8) is 0 Å². The fourth-order valence-electron chi connectivity index (χ4n) is 1.42. The molecule has 0 unspecified atom stereocenters. The van der Waals surface area contributed by atoms with Crippen molar-refractivity contribution in [3.05, 3.63) is 35.4 Å². The lowest BCUT2D eigenvalue weighted by Gasteiger charge is -2.09. The Morgan fingerprint density at radius 3 is 2.29 bits per heavy atom. The van der Waals surface area contributed by atoms with Crippen LogP contribution in [-0.4, -0.2) is 13.2 Å². The largest absolute Gasteiger partial charge is 0.435 e. The number of ether oxygens (including phenoxy) is 1. The lowest BCUT2D eigenvalue weighted by molar-refractivity contribution is -0.0498. The number of alkyl halides is 2. The fourth-order valence-corrected chi connectivity index (χ4v) is 1.42. The van der Waals surface area contributed by atoms with Crippen molar-refractivity contribution in [2.45, 2.75) is 20.5 Å². The van der Waals surface area contributed by atoms with E-state index in [4.69, 9.17) is 5.73 Å². The Hall–Kier alpha value is -1.42. The van der Waals surface area contributed by atoms with Crippen LogP contribution in [0.4, 0.5) is 8.78 Å². The summed E-state index contributed by atoms with van der Waals surface area (Å²) in [5, 5.41) is 0. The normalized spacial score (nSPS) is 12.3. The summed E-state index contributed by atoms with van der Waals surface area (Å²) in [6.07, 6.45) is 1.97. The quantitative estimate of drug-likeness (QED) is 0.858. The lowest BCUT2D eigenvalue weighted by Crippen LogP contribution is -2.08. The zero-order chi connectivity index (χ0) is 12.8. The summed E-state index contributed by atoms with van der Waals surface area (Å²) in [5.41, 5.74) is 7.67. The van der Waals surface area contributed by atoms with Crippen LogP contribution in [-0.2, 0) is 0 Å². The monoisotopic (exact) mass is 241 g/mol. The van der Waals surface area contributed by atoms with Gasteiger partial charge in [0.25, 0.3) is 0 Å².